The molecule has 0 aliphatic carbocycles. The fourth-order valence-corrected chi connectivity index (χ4v) is 5.51. The Labute approximate surface area is 156 Å². The number of sulfone groups is 1. The van der Waals surface area contributed by atoms with Crippen LogP contribution < -0.4 is 15.4 Å². The van der Waals surface area contributed by atoms with Gasteiger partial charge in [-0.15, -0.1) is 0 Å². The van der Waals surface area contributed by atoms with Crippen molar-refractivity contribution in [3.63, 3.8) is 0 Å². The van der Waals surface area contributed by atoms with Gasteiger partial charge in [0, 0.05) is 18.0 Å². The minimum Gasteiger partial charge on any atom is -0.493 e. The molecule has 1 aromatic rings. The maximum absolute atomic E-state index is 13.0. The van der Waals surface area contributed by atoms with Gasteiger partial charge >= 0.3 is 6.03 Å². The summed E-state index contributed by atoms with van der Waals surface area (Å²) in [6.07, 6.45) is 0.608. The van der Waals surface area contributed by atoms with Crippen molar-refractivity contribution in [2.75, 3.05) is 24.7 Å². The third-order valence-corrected chi connectivity index (χ3v) is 6.92. The van der Waals surface area contributed by atoms with E-state index < -0.39 is 45.8 Å². The van der Waals surface area contributed by atoms with Crippen molar-refractivity contribution in [1.82, 2.24) is 15.5 Å². The summed E-state index contributed by atoms with van der Waals surface area (Å²) < 4.78 is 28.6. The van der Waals surface area contributed by atoms with Crippen molar-refractivity contribution >= 4 is 27.7 Å². The Morgan fingerprint density at radius 1 is 1.33 bits per heavy atom. The Kier molecular flexibility index (Phi) is 4.10. The van der Waals surface area contributed by atoms with Crippen LogP contribution in [0.3, 0.4) is 0 Å². The lowest BCUT2D eigenvalue weighted by atomic mass is 9.84. The Morgan fingerprint density at radius 2 is 2.11 bits per heavy atom. The molecule has 9 nitrogen and oxygen atoms in total. The minimum atomic E-state index is -3.13. The summed E-state index contributed by atoms with van der Waals surface area (Å²) in [5.74, 6) is -0.621. The largest absolute Gasteiger partial charge is 0.493 e. The normalized spacial score (nSPS) is 28.6. The topological polar surface area (TPSA) is 122 Å². The summed E-state index contributed by atoms with van der Waals surface area (Å²) in [6, 6.07) is 5.85. The molecule has 1 aromatic carbocycles. The van der Waals surface area contributed by atoms with Crippen LogP contribution in [0.5, 0.6) is 5.75 Å². The van der Waals surface area contributed by atoms with Gasteiger partial charge in [0.1, 0.15) is 12.3 Å². The van der Waals surface area contributed by atoms with Crippen LogP contribution in [0.1, 0.15) is 18.4 Å². The monoisotopic (exact) mass is 393 g/mol. The summed E-state index contributed by atoms with van der Waals surface area (Å²) in [5, 5.41) is 5.32. The summed E-state index contributed by atoms with van der Waals surface area (Å²) >= 11 is 0. The van der Waals surface area contributed by atoms with E-state index in [-0.39, 0.29) is 24.5 Å². The smallest absolute Gasteiger partial charge is 0.325 e. The molecule has 144 valence electrons. The van der Waals surface area contributed by atoms with Gasteiger partial charge < -0.3 is 15.4 Å². The van der Waals surface area contributed by atoms with E-state index in [1.165, 1.54) is 0 Å². The Hall–Kier alpha value is -2.62. The van der Waals surface area contributed by atoms with E-state index in [4.69, 9.17) is 4.74 Å². The van der Waals surface area contributed by atoms with Crippen molar-refractivity contribution in [1.29, 1.82) is 0 Å². The third kappa shape index (κ3) is 3.03. The van der Waals surface area contributed by atoms with Gasteiger partial charge in [0.05, 0.1) is 18.1 Å². The number of urea groups is 1. The summed E-state index contributed by atoms with van der Waals surface area (Å²) in [4.78, 5) is 38.6. The number of hydrogen-bond acceptors (Lipinski definition) is 6. The number of imide groups is 1. The minimum absolute atomic E-state index is 0.0287. The molecule has 0 aromatic heterocycles. The summed E-state index contributed by atoms with van der Waals surface area (Å²) in [7, 11) is -3.13. The molecule has 27 heavy (non-hydrogen) atoms. The van der Waals surface area contributed by atoms with Crippen LogP contribution in [-0.4, -0.2) is 61.9 Å². The van der Waals surface area contributed by atoms with Gasteiger partial charge in [-0.2, -0.15) is 0 Å². The second kappa shape index (κ2) is 6.22. The molecule has 1 spiro atoms. The Morgan fingerprint density at radius 3 is 2.85 bits per heavy atom. The predicted octanol–water partition coefficient (Wildman–Crippen LogP) is -0.480. The van der Waals surface area contributed by atoms with Gasteiger partial charge in [-0.3, -0.25) is 14.5 Å². The van der Waals surface area contributed by atoms with E-state index in [9.17, 15) is 22.8 Å². The number of nitrogens with zero attached hydrogens (tertiary/aromatic N) is 1. The highest BCUT2D eigenvalue weighted by atomic mass is 32.2. The molecule has 2 saturated heterocycles. The molecule has 4 amide bonds. The third-order valence-electron chi connectivity index (χ3n) is 5.16. The Bertz CT molecular complexity index is 930. The molecule has 4 rings (SSSR count). The van der Waals surface area contributed by atoms with E-state index in [0.717, 1.165) is 4.90 Å². The zero-order valence-corrected chi connectivity index (χ0v) is 15.3. The van der Waals surface area contributed by atoms with Gasteiger partial charge in [0.25, 0.3) is 5.91 Å². The highest BCUT2D eigenvalue weighted by Crippen LogP contribution is 2.40. The number of hydrogen-bond donors (Lipinski definition) is 2. The van der Waals surface area contributed by atoms with Gasteiger partial charge in [-0.1, -0.05) is 18.2 Å². The first-order chi connectivity index (χ1) is 12.8. The zero-order chi connectivity index (χ0) is 19.2. The maximum atomic E-state index is 13.0. The highest BCUT2D eigenvalue weighted by Gasteiger charge is 2.55. The molecule has 2 N–H and O–H groups in total. The van der Waals surface area contributed by atoms with Crippen LogP contribution >= 0.6 is 0 Å². The second-order valence-electron chi connectivity index (χ2n) is 6.99. The molecule has 3 aliphatic rings. The number of para-hydroxylation sites is 1. The lowest BCUT2D eigenvalue weighted by molar-refractivity contribution is -0.136. The number of ether oxygens (including phenoxy) is 1. The fourth-order valence-electron chi connectivity index (χ4n) is 3.84. The van der Waals surface area contributed by atoms with Crippen LogP contribution in [0.4, 0.5) is 4.79 Å². The maximum Gasteiger partial charge on any atom is 0.325 e. The predicted molar refractivity (Wildman–Crippen MR) is 93.7 cm³/mol. The molecular formula is C17H19N3O6S. The van der Waals surface area contributed by atoms with E-state index >= 15 is 0 Å². The average Bonchev–Trinajstić information content (AvgIpc) is 3.07. The highest BCUT2D eigenvalue weighted by molar-refractivity contribution is 7.91. The number of benzene rings is 1. The summed E-state index contributed by atoms with van der Waals surface area (Å²) in [6.45, 7) is -0.186. The molecule has 0 unspecified atom stereocenters. The molecule has 3 heterocycles. The lowest BCUT2D eigenvalue weighted by Crippen LogP contribution is -2.48. The molecule has 3 aliphatic heterocycles. The number of fused-ring (bicyclic) bond motifs is 2. The molecule has 0 bridgehead atoms. The first-order valence-electron chi connectivity index (χ1n) is 8.67. The molecule has 2 fully saturated rings. The van der Waals surface area contributed by atoms with Gasteiger partial charge in [0.15, 0.2) is 15.4 Å². The van der Waals surface area contributed by atoms with Crippen LogP contribution in [-0.2, 0) is 25.0 Å². The van der Waals surface area contributed by atoms with E-state index in [0.29, 0.717) is 17.7 Å². The summed E-state index contributed by atoms with van der Waals surface area (Å²) in [5.41, 5.74) is -0.664. The fraction of sp³-hybridized carbons (Fsp3) is 0.471. The van der Waals surface area contributed by atoms with Gasteiger partial charge in [-0.05, 0) is 12.5 Å². The number of rotatable bonds is 3. The lowest BCUT2D eigenvalue weighted by Gasteiger charge is -2.33. The number of carbonyl (C=O) groups excluding carboxylic acids is 3. The molecule has 0 radical (unpaired) electrons. The van der Waals surface area contributed by atoms with Crippen molar-refractivity contribution in [3.8, 4) is 5.75 Å². The molecule has 0 saturated carbocycles. The zero-order valence-electron chi connectivity index (χ0n) is 14.4. The van der Waals surface area contributed by atoms with Crippen molar-refractivity contribution in [2.24, 2.45) is 0 Å². The van der Waals surface area contributed by atoms with E-state index in [1.54, 1.807) is 24.3 Å². The van der Waals surface area contributed by atoms with Crippen molar-refractivity contribution < 1.29 is 27.5 Å². The van der Waals surface area contributed by atoms with Gasteiger partial charge in [0.2, 0.25) is 5.91 Å². The Balaban J connectivity index is 1.50. The first-order valence-corrected chi connectivity index (χ1v) is 10.5. The molecule has 10 heteroatoms. The second-order valence-corrected chi connectivity index (χ2v) is 9.22. The van der Waals surface area contributed by atoms with Crippen LogP contribution in [0, 0.1) is 0 Å². The van der Waals surface area contributed by atoms with E-state index in [2.05, 4.69) is 10.6 Å². The van der Waals surface area contributed by atoms with E-state index in [1.807, 2.05) is 0 Å². The quantitative estimate of drug-likeness (QED) is 0.669. The number of carbonyl (C=O) groups is 3. The van der Waals surface area contributed by atoms with Crippen molar-refractivity contribution in [2.45, 2.75) is 24.4 Å². The van der Waals surface area contributed by atoms with Crippen LogP contribution in [0.15, 0.2) is 24.3 Å². The van der Waals surface area contributed by atoms with Gasteiger partial charge in [-0.25, -0.2) is 13.2 Å². The van der Waals surface area contributed by atoms with Crippen molar-refractivity contribution in [3.05, 3.63) is 29.8 Å². The van der Waals surface area contributed by atoms with Crippen LogP contribution in [0.25, 0.3) is 0 Å². The SMILES string of the molecule is O=C(CN1C(=O)N[C@]2(CCOc3ccccc32)C1=O)N[C@@H]1CCS(=O)(=O)C1. The average molecular weight is 393 g/mol. The molecular weight excluding hydrogens is 374 g/mol. The standard InChI is InChI=1S/C17H19N3O6S/c21-14(18-11-5-8-27(24,25)10-11)9-20-15(22)17(19-16(20)23)6-7-26-13-4-2-1-3-12(13)17/h1-4,11H,5-10H2,(H,18,21)(H,19,23)/t11-,17+/m1/s1. The molecule has 2 atom stereocenters. The van der Waals surface area contributed by atoms with Crippen LogP contribution in [0.2, 0.25) is 0 Å². The number of amides is 4. The number of nitrogens with one attached hydrogen (secondary N) is 2. The first kappa shape index (κ1) is 17.8.